The molecule has 2 N–H and O–H groups in total. The van der Waals surface area contributed by atoms with Crippen LogP contribution in [0.1, 0.15) is 29.3 Å². The summed E-state index contributed by atoms with van der Waals surface area (Å²) in [6.07, 6.45) is 5.84. The summed E-state index contributed by atoms with van der Waals surface area (Å²) in [6, 6.07) is 8.67. The number of benzene rings is 1. The molecule has 0 amide bonds. The van der Waals surface area contributed by atoms with Crippen LogP contribution < -0.4 is 5.73 Å². The molecule has 2 unspecified atom stereocenters. The van der Waals surface area contributed by atoms with Gasteiger partial charge < -0.3 is 15.0 Å². The quantitative estimate of drug-likeness (QED) is 0.918. The van der Waals surface area contributed by atoms with Crippen molar-refractivity contribution in [2.45, 2.75) is 32.4 Å². The number of imidazole rings is 1. The summed E-state index contributed by atoms with van der Waals surface area (Å²) < 4.78 is 7.63. The first-order chi connectivity index (χ1) is 10.2. The Balaban J connectivity index is 1.67. The number of aryl methyl sites for hydroxylation is 3. The first kappa shape index (κ1) is 14.3. The van der Waals surface area contributed by atoms with Crippen molar-refractivity contribution >= 4 is 0 Å². The molecule has 4 nitrogen and oxygen atoms in total. The summed E-state index contributed by atoms with van der Waals surface area (Å²) >= 11 is 0. The zero-order valence-corrected chi connectivity index (χ0v) is 12.5. The normalized spacial score (nSPS) is 19.8. The molecule has 0 saturated carbocycles. The van der Waals surface area contributed by atoms with Crippen molar-refractivity contribution in [3.63, 3.8) is 0 Å². The lowest BCUT2D eigenvalue weighted by molar-refractivity contribution is 0.180. The first-order valence-corrected chi connectivity index (χ1v) is 7.63. The lowest BCUT2D eigenvalue weighted by atomic mass is 9.97. The van der Waals surface area contributed by atoms with Gasteiger partial charge in [-0.2, -0.15) is 0 Å². The number of hydrogen-bond donors (Lipinski definition) is 1. The van der Waals surface area contributed by atoms with Gasteiger partial charge in [-0.3, -0.25) is 0 Å². The predicted molar refractivity (Wildman–Crippen MR) is 83.0 cm³/mol. The van der Waals surface area contributed by atoms with Crippen LogP contribution in [0.5, 0.6) is 0 Å². The average Bonchev–Trinajstić information content (AvgIpc) is 3.16. The number of nitrogens with zero attached hydrogens (tertiary/aromatic N) is 2. The first-order valence-electron chi connectivity index (χ1n) is 7.63. The fourth-order valence-corrected chi connectivity index (χ4v) is 2.99. The van der Waals surface area contributed by atoms with Crippen LogP contribution in [-0.4, -0.2) is 22.8 Å². The monoisotopic (exact) mass is 285 g/mol. The van der Waals surface area contributed by atoms with Crippen LogP contribution in [0.3, 0.4) is 0 Å². The molecule has 1 saturated heterocycles. The highest BCUT2D eigenvalue weighted by Crippen LogP contribution is 2.26. The van der Waals surface area contributed by atoms with Crippen LogP contribution in [-0.2, 0) is 17.7 Å². The molecule has 2 atom stereocenters. The van der Waals surface area contributed by atoms with Crippen molar-refractivity contribution in [3.8, 4) is 0 Å². The number of hydrogen-bond acceptors (Lipinski definition) is 3. The van der Waals surface area contributed by atoms with E-state index in [9.17, 15) is 0 Å². The highest BCUT2D eigenvalue weighted by atomic mass is 16.5. The van der Waals surface area contributed by atoms with Gasteiger partial charge >= 0.3 is 0 Å². The highest BCUT2D eigenvalue weighted by Gasteiger charge is 2.26. The van der Waals surface area contributed by atoms with Gasteiger partial charge in [-0.25, -0.2) is 4.98 Å². The van der Waals surface area contributed by atoms with E-state index in [-0.39, 0.29) is 6.04 Å². The maximum absolute atomic E-state index is 6.40. The van der Waals surface area contributed by atoms with E-state index in [1.165, 1.54) is 11.1 Å². The van der Waals surface area contributed by atoms with Gasteiger partial charge in [-0.05, 0) is 25.3 Å². The Bertz CT molecular complexity index is 587. The molecule has 1 aliphatic rings. The zero-order valence-electron chi connectivity index (χ0n) is 12.5. The number of aromatic nitrogens is 2. The average molecular weight is 285 g/mol. The Labute approximate surface area is 125 Å². The van der Waals surface area contributed by atoms with Gasteiger partial charge in [0, 0.05) is 25.3 Å². The number of ether oxygens (including phenoxy) is 1. The van der Waals surface area contributed by atoms with Crippen LogP contribution >= 0.6 is 0 Å². The molecule has 1 fully saturated rings. The number of nitrogens with two attached hydrogens (primary N) is 1. The van der Waals surface area contributed by atoms with E-state index >= 15 is 0 Å². The minimum Gasteiger partial charge on any atom is -0.381 e. The van der Waals surface area contributed by atoms with E-state index in [0.29, 0.717) is 5.92 Å². The number of rotatable bonds is 5. The second-order valence-corrected chi connectivity index (χ2v) is 5.90. The topological polar surface area (TPSA) is 53.1 Å². The van der Waals surface area contributed by atoms with Crippen molar-refractivity contribution in [1.82, 2.24) is 9.55 Å². The van der Waals surface area contributed by atoms with Crippen LogP contribution in [0.4, 0.5) is 0 Å². The van der Waals surface area contributed by atoms with Gasteiger partial charge in [0.2, 0.25) is 0 Å². The van der Waals surface area contributed by atoms with Crippen molar-refractivity contribution < 1.29 is 4.74 Å². The molecule has 112 valence electrons. The van der Waals surface area contributed by atoms with Gasteiger partial charge in [0.25, 0.3) is 0 Å². The lowest BCUT2D eigenvalue weighted by Crippen LogP contribution is -2.24. The van der Waals surface area contributed by atoms with Crippen molar-refractivity contribution in [2.75, 3.05) is 13.2 Å². The Morgan fingerprint density at radius 1 is 1.48 bits per heavy atom. The standard InChI is InChI=1S/C17H23N3O/c1-13-3-2-4-14(9-13)5-7-20-12-19-10-16(20)17(18)15-6-8-21-11-15/h2-4,9-10,12,15,17H,5-8,11,18H2,1H3. The van der Waals surface area contributed by atoms with E-state index < -0.39 is 0 Å². The molecule has 1 aromatic heterocycles. The highest BCUT2D eigenvalue weighted by molar-refractivity contribution is 5.22. The van der Waals surface area contributed by atoms with Gasteiger partial charge in [0.15, 0.2) is 0 Å². The van der Waals surface area contributed by atoms with Crippen LogP contribution in [0.15, 0.2) is 36.8 Å². The lowest BCUT2D eigenvalue weighted by Gasteiger charge is -2.19. The molecule has 0 aliphatic carbocycles. The summed E-state index contributed by atoms with van der Waals surface area (Å²) in [6.45, 7) is 4.64. The van der Waals surface area contributed by atoms with Crippen molar-refractivity contribution in [3.05, 3.63) is 53.6 Å². The van der Waals surface area contributed by atoms with E-state index in [2.05, 4.69) is 40.7 Å². The molecule has 1 aromatic carbocycles. The van der Waals surface area contributed by atoms with Crippen LogP contribution in [0, 0.1) is 12.8 Å². The minimum atomic E-state index is 0.0208. The van der Waals surface area contributed by atoms with Gasteiger partial charge in [-0.1, -0.05) is 29.8 Å². The smallest absolute Gasteiger partial charge is 0.0948 e. The second kappa shape index (κ2) is 6.41. The fraction of sp³-hybridized carbons (Fsp3) is 0.471. The molecular weight excluding hydrogens is 262 g/mol. The van der Waals surface area contributed by atoms with Crippen LogP contribution in [0.2, 0.25) is 0 Å². The molecule has 1 aliphatic heterocycles. The van der Waals surface area contributed by atoms with E-state index in [1.54, 1.807) is 0 Å². The van der Waals surface area contributed by atoms with Gasteiger partial charge in [0.05, 0.1) is 24.7 Å². The Hall–Kier alpha value is -1.65. The molecule has 21 heavy (non-hydrogen) atoms. The van der Waals surface area contributed by atoms with E-state index in [1.807, 2.05) is 12.5 Å². The van der Waals surface area contributed by atoms with E-state index in [0.717, 1.165) is 38.3 Å². The maximum Gasteiger partial charge on any atom is 0.0948 e. The molecular formula is C17H23N3O. The third-order valence-corrected chi connectivity index (χ3v) is 4.28. The fourth-order valence-electron chi connectivity index (χ4n) is 2.99. The Morgan fingerprint density at radius 3 is 3.14 bits per heavy atom. The molecule has 0 radical (unpaired) electrons. The Kier molecular flexibility index (Phi) is 4.36. The molecule has 0 spiro atoms. The summed E-state index contributed by atoms with van der Waals surface area (Å²) in [4.78, 5) is 4.29. The molecule has 0 bridgehead atoms. The van der Waals surface area contributed by atoms with Gasteiger partial charge in [0.1, 0.15) is 0 Å². The van der Waals surface area contributed by atoms with Gasteiger partial charge in [-0.15, -0.1) is 0 Å². The molecule has 4 heteroatoms. The summed E-state index contributed by atoms with van der Waals surface area (Å²) in [5.74, 6) is 0.416. The predicted octanol–water partition coefficient (Wildman–Crippen LogP) is 2.47. The van der Waals surface area contributed by atoms with Crippen molar-refractivity contribution in [1.29, 1.82) is 0 Å². The maximum atomic E-state index is 6.40. The minimum absolute atomic E-state index is 0.0208. The third-order valence-electron chi connectivity index (χ3n) is 4.28. The summed E-state index contributed by atoms with van der Waals surface area (Å²) in [7, 11) is 0. The zero-order chi connectivity index (χ0) is 14.7. The molecule has 2 aromatic rings. The van der Waals surface area contributed by atoms with Crippen LogP contribution in [0.25, 0.3) is 0 Å². The summed E-state index contributed by atoms with van der Waals surface area (Å²) in [5.41, 5.74) is 10.2. The van der Waals surface area contributed by atoms with Crippen molar-refractivity contribution in [2.24, 2.45) is 11.7 Å². The van der Waals surface area contributed by atoms with E-state index in [4.69, 9.17) is 10.5 Å². The molecule has 3 rings (SSSR count). The molecule has 2 heterocycles. The second-order valence-electron chi connectivity index (χ2n) is 5.90. The Morgan fingerprint density at radius 2 is 2.38 bits per heavy atom. The summed E-state index contributed by atoms with van der Waals surface area (Å²) in [5, 5.41) is 0. The largest absolute Gasteiger partial charge is 0.381 e. The SMILES string of the molecule is Cc1cccc(CCn2cncc2C(N)C2CCOC2)c1. The third kappa shape index (κ3) is 3.34.